The Bertz CT molecular complexity index is 1110. The Kier molecular flexibility index (Phi) is 4.80. The Balaban J connectivity index is 1.81. The van der Waals surface area contributed by atoms with Crippen LogP contribution in [0.4, 0.5) is 18.9 Å². The molecule has 0 spiro atoms. The molecule has 6 nitrogen and oxygen atoms in total. The summed E-state index contributed by atoms with van der Waals surface area (Å²) in [4.78, 5) is 24.7. The first-order valence-electron chi connectivity index (χ1n) is 9.37. The summed E-state index contributed by atoms with van der Waals surface area (Å²) in [7, 11) is -1.46. The summed E-state index contributed by atoms with van der Waals surface area (Å²) < 4.78 is 51.8. The zero-order chi connectivity index (χ0) is 21.8. The first kappa shape index (κ1) is 20.6. The van der Waals surface area contributed by atoms with Crippen molar-refractivity contribution in [3.63, 3.8) is 0 Å². The average Bonchev–Trinajstić information content (AvgIpc) is 3.46. The van der Waals surface area contributed by atoms with Crippen molar-refractivity contribution in [2.75, 3.05) is 5.75 Å². The number of carbonyl (C=O) groups is 1. The number of aliphatic imine (C=N–C) groups is 1. The zero-order valence-corrected chi connectivity index (χ0v) is 17.0. The van der Waals surface area contributed by atoms with E-state index >= 15 is 0 Å². The lowest BCUT2D eigenvalue weighted by Crippen LogP contribution is -2.22. The molecule has 1 fully saturated rings. The molecular formula is C20H18F3N3O3S. The van der Waals surface area contributed by atoms with E-state index in [4.69, 9.17) is 0 Å². The summed E-state index contributed by atoms with van der Waals surface area (Å²) in [6.07, 6.45) is -1.35. The second-order valence-electron chi connectivity index (χ2n) is 7.44. The Morgan fingerprint density at radius 1 is 1.27 bits per heavy atom. The van der Waals surface area contributed by atoms with Crippen LogP contribution in [0.5, 0.6) is 0 Å². The fourth-order valence-corrected chi connectivity index (χ4v) is 4.58. The number of halogens is 3. The van der Waals surface area contributed by atoms with Gasteiger partial charge in [0.05, 0.1) is 43.8 Å². The van der Waals surface area contributed by atoms with Crippen LogP contribution in [0.1, 0.15) is 55.1 Å². The van der Waals surface area contributed by atoms with Crippen LogP contribution in [-0.4, -0.2) is 36.7 Å². The van der Waals surface area contributed by atoms with E-state index < -0.39 is 39.8 Å². The second-order valence-corrected chi connectivity index (χ2v) is 9.15. The normalized spacial score (nSPS) is 20.4. The number of aromatic nitrogens is 2. The van der Waals surface area contributed by atoms with Crippen molar-refractivity contribution in [3.05, 3.63) is 47.0 Å². The fourth-order valence-electron chi connectivity index (χ4n) is 3.63. The Morgan fingerprint density at radius 3 is 2.53 bits per heavy atom. The second kappa shape index (κ2) is 6.97. The molecule has 1 saturated carbocycles. The van der Waals surface area contributed by atoms with Gasteiger partial charge in [0.2, 0.25) is 0 Å². The molecule has 30 heavy (non-hydrogen) atoms. The molecule has 1 aliphatic carbocycles. The number of pyridine rings is 2. The van der Waals surface area contributed by atoms with E-state index in [1.807, 2.05) is 0 Å². The number of fused-ring (bicyclic) bond motifs is 1. The van der Waals surface area contributed by atoms with E-state index in [1.165, 1.54) is 6.20 Å². The van der Waals surface area contributed by atoms with E-state index in [2.05, 4.69) is 15.0 Å². The minimum absolute atomic E-state index is 0.107. The van der Waals surface area contributed by atoms with Gasteiger partial charge in [-0.15, -0.1) is 0 Å². The van der Waals surface area contributed by atoms with Gasteiger partial charge in [0, 0.05) is 24.1 Å². The molecule has 0 bridgehead atoms. The standard InChI is InChI=1S/C20H18F3N3O3S/c1-3-30(29)14-7-11(19(4-5-19)18(27)28)8-25-17(14)16-10(2)15-13(26-16)6-12(9-24-15)20(21,22)23/h6-10H,3-5H2,1-2H3,(H,27,28). The third kappa shape index (κ3) is 3.23. The van der Waals surface area contributed by atoms with Crippen LogP contribution in [0.15, 0.2) is 34.4 Å². The fraction of sp³-hybridized carbons (Fsp3) is 0.400. The van der Waals surface area contributed by atoms with Gasteiger partial charge in [0.25, 0.3) is 0 Å². The third-order valence-corrected chi connectivity index (χ3v) is 6.93. The third-order valence-electron chi connectivity index (χ3n) is 5.60. The summed E-state index contributed by atoms with van der Waals surface area (Å²) in [5.41, 5.74) is -0.238. The summed E-state index contributed by atoms with van der Waals surface area (Å²) in [6, 6.07) is 2.54. The van der Waals surface area contributed by atoms with Gasteiger partial charge in [-0.1, -0.05) is 13.8 Å². The van der Waals surface area contributed by atoms with Gasteiger partial charge in [-0.25, -0.2) is 4.99 Å². The molecule has 3 heterocycles. The lowest BCUT2D eigenvalue weighted by Gasteiger charge is -2.16. The highest BCUT2D eigenvalue weighted by Gasteiger charge is 2.52. The highest BCUT2D eigenvalue weighted by molar-refractivity contribution is 7.85. The lowest BCUT2D eigenvalue weighted by atomic mass is 9.95. The monoisotopic (exact) mass is 437 g/mol. The van der Waals surface area contributed by atoms with Crippen molar-refractivity contribution in [2.45, 2.75) is 49.1 Å². The van der Waals surface area contributed by atoms with Crippen molar-refractivity contribution in [1.29, 1.82) is 0 Å². The molecule has 2 unspecified atom stereocenters. The van der Waals surface area contributed by atoms with E-state index in [-0.39, 0.29) is 11.4 Å². The van der Waals surface area contributed by atoms with Gasteiger partial charge in [0.15, 0.2) is 0 Å². The topological polar surface area (TPSA) is 92.5 Å². The Morgan fingerprint density at radius 2 is 1.97 bits per heavy atom. The smallest absolute Gasteiger partial charge is 0.417 e. The first-order valence-corrected chi connectivity index (χ1v) is 10.7. The Labute approximate surface area is 172 Å². The number of aliphatic carboxylic acids is 1. The van der Waals surface area contributed by atoms with Crippen molar-refractivity contribution < 1.29 is 27.3 Å². The van der Waals surface area contributed by atoms with Gasteiger partial charge in [0.1, 0.15) is 5.69 Å². The van der Waals surface area contributed by atoms with Crippen LogP contribution < -0.4 is 0 Å². The zero-order valence-electron chi connectivity index (χ0n) is 16.2. The highest BCUT2D eigenvalue weighted by Crippen LogP contribution is 2.49. The molecule has 2 aromatic heterocycles. The molecule has 10 heteroatoms. The average molecular weight is 437 g/mol. The minimum atomic E-state index is -4.53. The van der Waals surface area contributed by atoms with Crippen LogP contribution in [0, 0.1) is 0 Å². The highest BCUT2D eigenvalue weighted by atomic mass is 32.2. The number of hydrogen-bond donors (Lipinski definition) is 1. The number of carboxylic acid groups (broad SMARTS) is 1. The maximum atomic E-state index is 13.0. The van der Waals surface area contributed by atoms with Crippen LogP contribution >= 0.6 is 0 Å². The molecule has 1 aliphatic heterocycles. The molecule has 0 saturated heterocycles. The molecule has 0 radical (unpaired) electrons. The van der Waals surface area contributed by atoms with Gasteiger partial charge >= 0.3 is 12.1 Å². The first-order chi connectivity index (χ1) is 14.1. The number of nitrogens with zero attached hydrogens (tertiary/aromatic N) is 3. The summed E-state index contributed by atoms with van der Waals surface area (Å²) in [6.45, 7) is 3.47. The molecule has 4 rings (SSSR count). The molecule has 1 N–H and O–H groups in total. The number of hydrogen-bond acceptors (Lipinski definition) is 5. The summed E-state index contributed by atoms with van der Waals surface area (Å²) in [5.74, 6) is -1.11. The van der Waals surface area contributed by atoms with Gasteiger partial charge in [-0.2, -0.15) is 13.2 Å². The van der Waals surface area contributed by atoms with Crippen molar-refractivity contribution in [1.82, 2.24) is 9.97 Å². The van der Waals surface area contributed by atoms with Crippen molar-refractivity contribution in [3.8, 4) is 0 Å². The molecule has 158 valence electrons. The molecule has 2 aromatic rings. The van der Waals surface area contributed by atoms with Crippen LogP contribution in [0.3, 0.4) is 0 Å². The lowest BCUT2D eigenvalue weighted by molar-refractivity contribution is -0.140. The van der Waals surface area contributed by atoms with Crippen LogP contribution in [0.25, 0.3) is 0 Å². The molecule has 0 amide bonds. The predicted octanol–water partition coefficient (Wildman–Crippen LogP) is 3.98. The largest absolute Gasteiger partial charge is 0.481 e. The Hall–Kier alpha value is -2.62. The molecule has 2 aliphatic rings. The predicted molar refractivity (Wildman–Crippen MR) is 104 cm³/mol. The summed E-state index contributed by atoms with van der Waals surface area (Å²) >= 11 is 0. The van der Waals surface area contributed by atoms with E-state index in [0.29, 0.717) is 40.4 Å². The number of alkyl halides is 3. The van der Waals surface area contributed by atoms with Crippen molar-refractivity contribution >= 4 is 28.2 Å². The van der Waals surface area contributed by atoms with Gasteiger partial charge in [-0.05, 0) is 30.5 Å². The molecular weight excluding hydrogens is 419 g/mol. The maximum absolute atomic E-state index is 13.0. The molecule has 2 atom stereocenters. The molecule has 0 aromatic carbocycles. The maximum Gasteiger partial charge on any atom is 0.417 e. The van der Waals surface area contributed by atoms with Crippen LogP contribution in [0.2, 0.25) is 0 Å². The van der Waals surface area contributed by atoms with Crippen molar-refractivity contribution in [2.24, 2.45) is 4.99 Å². The van der Waals surface area contributed by atoms with Gasteiger partial charge in [-0.3, -0.25) is 19.0 Å². The number of carboxylic acids is 1. The van der Waals surface area contributed by atoms with Crippen LogP contribution in [-0.2, 0) is 27.2 Å². The van der Waals surface area contributed by atoms with E-state index in [0.717, 1.165) is 12.3 Å². The quantitative estimate of drug-likeness (QED) is 0.764. The SMILES string of the molecule is CCS(=O)c1cc(C2(C(=O)O)CC2)cnc1C1=Nc2cc(C(F)(F)F)cnc2C1C. The minimum Gasteiger partial charge on any atom is -0.481 e. The van der Waals surface area contributed by atoms with E-state index in [9.17, 15) is 27.3 Å². The summed E-state index contributed by atoms with van der Waals surface area (Å²) in [5, 5.41) is 9.55. The van der Waals surface area contributed by atoms with Gasteiger partial charge < -0.3 is 5.11 Å². The number of rotatable bonds is 5. The van der Waals surface area contributed by atoms with E-state index in [1.54, 1.807) is 19.9 Å².